The molecule has 7 nitrogen and oxygen atoms in total. The van der Waals surface area contributed by atoms with Crippen molar-refractivity contribution < 1.29 is 13.2 Å². The van der Waals surface area contributed by atoms with Crippen molar-refractivity contribution in [2.75, 3.05) is 5.43 Å². The van der Waals surface area contributed by atoms with Crippen LogP contribution in [0.4, 0.5) is 19.0 Å². The Morgan fingerprint density at radius 3 is 2.64 bits per heavy atom. The minimum Gasteiger partial charge on any atom is -0.274 e. The molecule has 3 heterocycles. The summed E-state index contributed by atoms with van der Waals surface area (Å²) in [6.45, 7) is 0. The van der Waals surface area contributed by atoms with E-state index in [1.807, 2.05) is 0 Å². The van der Waals surface area contributed by atoms with Crippen LogP contribution in [0, 0.1) is 0 Å². The zero-order valence-electron chi connectivity index (χ0n) is 11.2. The molecule has 0 aliphatic heterocycles. The summed E-state index contributed by atoms with van der Waals surface area (Å²) in [5.41, 5.74) is 0.532. The number of rotatable bonds is 2. The highest BCUT2D eigenvalue weighted by Gasteiger charge is 2.32. The van der Waals surface area contributed by atoms with Crippen molar-refractivity contribution in [3.05, 3.63) is 46.8 Å². The number of fused-ring (bicyclic) bond motifs is 1. The van der Waals surface area contributed by atoms with Crippen molar-refractivity contribution in [1.29, 1.82) is 0 Å². The molecule has 0 bridgehead atoms. The van der Waals surface area contributed by atoms with Crippen molar-refractivity contribution in [1.82, 2.24) is 24.4 Å². The van der Waals surface area contributed by atoms with Gasteiger partial charge in [-0.05, 0) is 12.1 Å². The summed E-state index contributed by atoms with van der Waals surface area (Å²) in [6.07, 6.45) is -1.83. The molecule has 0 aromatic carbocycles. The van der Waals surface area contributed by atoms with Crippen LogP contribution >= 0.6 is 0 Å². The number of aromatic nitrogens is 5. The lowest BCUT2D eigenvalue weighted by atomic mass is 10.3. The molecule has 3 aromatic rings. The second-order valence-corrected chi connectivity index (χ2v) is 4.47. The second-order valence-electron chi connectivity index (χ2n) is 4.47. The van der Waals surface area contributed by atoms with Gasteiger partial charge in [-0.2, -0.15) is 27.9 Å². The van der Waals surface area contributed by atoms with E-state index in [0.717, 1.165) is 10.7 Å². The van der Waals surface area contributed by atoms with E-state index in [2.05, 4.69) is 20.5 Å². The summed E-state index contributed by atoms with van der Waals surface area (Å²) in [4.78, 5) is 18.9. The van der Waals surface area contributed by atoms with Crippen LogP contribution in [0.1, 0.15) is 5.69 Å². The molecule has 0 fully saturated rings. The first kappa shape index (κ1) is 14.0. The van der Waals surface area contributed by atoms with Gasteiger partial charge in [-0.25, -0.2) is 9.78 Å². The van der Waals surface area contributed by atoms with Crippen LogP contribution < -0.4 is 11.1 Å². The molecule has 3 rings (SSSR count). The molecule has 0 aliphatic rings. The first-order chi connectivity index (χ1) is 10.3. The second kappa shape index (κ2) is 4.83. The van der Waals surface area contributed by atoms with Crippen LogP contribution in [0.25, 0.3) is 11.0 Å². The SMILES string of the molecule is Cn1ccc(Nn2c(=O)ncc3ccc(C(F)(F)F)nc32)n1. The molecule has 10 heteroatoms. The molecule has 114 valence electrons. The highest BCUT2D eigenvalue weighted by atomic mass is 19.4. The van der Waals surface area contributed by atoms with Crippen molar-refractivity contribution >= 4 is 16.9 Å². The fourth-order valence-electron chi connectivity index (χ4n) is 1.86. The maximum absolute atomic E-state index is 12.8. The summed E-state index contributed by atoms with van der Waals surface area (Å²) in [7, 11) is 1.66. The monoisotopic (exact) mass is 310 g/mol. The Labute approximate surface area is 121 Å². The molecule has 0 spiro atoms. The average molecular weight is 310 g/mol. The molecule has 0 amide bonds. The van der Waals surface area contributed by atoms with Gasteiger partial charge in [-0.1, -0.05) is 0 Å². The van der Waals surface area contributed by atoms with E-state index >= 15 is 0 Å². The molecule has 0 aliphatic carbocycles. The first-order valence-corrected chi connectivity index (χ1v) is 6.07. The van der Waals surface area contributed by atoms with Gasteiger partial charge in [-0.3, -0.25) is 10.1 Å². The average Bonchev–Trinajstić information content (AvgIpc) is 2.86. The summed E-state index contributed by atoms with van der Waals surface area (Å²) in [5, 5.41) is 4.28. The van der Waals surface area contributed by atoms with Crippen molar-refractivity contribution in [3.8, 4) is 0 Å². The Bertz CT molecular complexity index is 898. The number of nitrogens with zero attached hydrogens (tertiary/aromatic N) is 5. The van der Waals surface area contributed by atoms with Crippen molar-refractivity contribution in [3.63, 3.8) is 0 Å². The van der Waals surface area contributed by atoms with E-state index in [9.17, 15) is 18.0 Å². The highest BCUT2D eigenvalue weighted by Crippen LogP contribution is 2.28. The third-order valence-electron chi connectivity index (χ3n) is 2.85. The van der Waals surface area contributed by atoms with Crippen LogP contribution in [0.15, 0.2) is 35.4 Å². The van der Waals surface area contributed by atoms with Gasteiger partial charge < -0.3 is 0 Å². The van der Waals surface area contributed by atoms with E-state index in [1.165, 1.54) is 16.9 Å². The fourth-order valence-corrected chi connectivity index (χ4v) is 1.86. The summed E-state index contributed by atoms with van der Waals surface area (Å²) < 4.78 is 40.6. The Morgan fingerprint density at radius 2 is 2.00 bits per heavy atom. The van der Waals surface area contributed by atoms with E-state index in [4.69, 9.17) is 0 Å². The van der Waals surface area contributed by atoms with Crippen LogP contribution in [0.2, 0.25) is 0 Å². The number of halogens is 3. The van der Waals surface area contributed by atoms with Crippen LogP contribution in [-0.4, -0.2) is 24.4 Å². The number of nitrogens with one attached hydrogen (secondary N) is 1. The third kappa shape index (κ3) is 2.50. The molecule has 0 unspecified atom stereocenters. The van der Waals surface area contributed by atoms with Gasteiger partial charge >= 0.3 is 11.9 Å². The Balaban J connectivity index is 2.18. The number of anilines is 1. The van der Waals surface area contributed by atoms with Gasteiger partial charge in [0.2, 0.25) is 0 Å². The maximum atomic E-state index is 12.8. The van der Waals surface area contributed by atoms with E-state index in [-0.39, 0.29) is 16.9 Å². The summed E-state index contributed by atoms with van der Waals surface area (Å²) >= 11 is 0. The molecule has 0 atom stereocenters. The lowest BCUT2D eigenvalue weighted by Gasteiger charge is -2.11. The van der Waals surface area contributed by atoms with Gasteiger partial charge in [0, 0.05) is 30.9 Å². The molecule has 22 heavy (non-hydrogen) atoms. The Kier molecular flexibility index (Phi) is 3.08. The molecule has 1 N–H and O–H groups in total. The normalized spacial score (nSPS) is 11.8. The lowest BCUT2D eigenvalue weighted by molar-refractivity contribution is -0.141. The summed E-state index contributed by atoms with van der Waals surface area (Å²) in [6, 6.07) is 3.59. The smallest absolute Gasteiger partial charge is 0.274 e. The van der Waals surface area contributed by atoms with E-state index in [1.54, 1.807) is 19.3 Å². The van der Waals surface area contributed by atoms with Gasteiger partial charge in [0.15, 0.2) is 11.5 Å². The zero-order valence-corrected chi connectivity index (χ0v) is 11.2. The van der Waals surface area contributed by atoms with Crippen molar-refractivity contribution in [2.24, 2.45) is 7.05 Å². The lowest BCUT2D eigenvalue weighted by Crippen LogP contribution is -2.29. The minimum atomic E-state index is -4.61. The zero-order chi connectivity index (χ0) is 15.9. The number of pyridine rings is 1. The topological polar surface area (TPSA) is 77.6 Å². The largest absolute Gasteiger partial charge is 0.433 e. The number of hydrogen-bond acceptors (Lipinski definition) is 5. The van der Waals surface area contributed by atoms with Crippen LogP contribution in [-0.2, 0) is 13.2 Å². The van der Waals surface area contributed by atoms with E-state index < -0.39 is 17.6 Å². The standard InChI is InChI=1S/C12H9F3N6O/c1-20-5-4-9(18-20)19-21-10-7(6-16-11(21)22)2-3-8(17-10)12(13,14)15/h2-6H,1H3,(H,18,19). The quantitative estimate of drug-likeness (QED) is 0.774. The van der Waals surface area contributed by atoms with Gasteiger partial charge in [-0.15, -0.1) is 0 Å². The number of alkyl halides is 3. The van der Waals surface area contributed by atoms with E-state index in [0.29, 0.717) is 0 Å². The molecular weight excluding hydrogens is 301 g/mol. The summed E-state index contributed by atoms with van der Waals surface area (Å²) in [5.74, 6) is 0.276. The predicted octanol–water partition coefficient (Wildman–Crippen LogP) is 1.42. The number of hydrogen-bond donors (Lipinski definition) is 1. The number of aryl methyl sites for hydroxylation is 1. The maximum Gasteiger partial charge on any atom is 0.433 e. The Hall–Kier alpha value is -2.91. The molecular formula is C12H9F3N6O. The van der Waals surface area contributed by atoms with Gasteiger partial charge in [0.25, 0.3) is 0 Å². The van der Waals surface area contributed by atoms with Crippen molar-refractivity contribution in [2.45, 2.75) is 6.18 Å². The Morgan fingerprint density at radius 1 is 1.23 bits per heavy atom. The highest BCUT2D eigenvalue weighted by molar-refractivity contribution is 5.74. The molecule has 3 aromatic heterocycles. The van der Waals surface area contributed by atoms with Crippen LogP contribution in [0.5, 0.6) is 0 Å². The van der Waals surface area contributed by atoms with Gasteiger partial charge in [0.05, 0.1) is 0 Å². The molecule has 0 saturated heterocycles. The molecule has 0 saturated carbocycles. The van der Waals surface area contributed by atoms with Gasteiger partial charge in [0.1, 0.15) is 5.69 Å². The fraction of sp³-hybridized carbons (Fsp3) is 0.167. The predicted molar refractivity (Wildman–Crippen MR) is 71.0 cm³/mol. The first-order valence-electron chi connectivity index (χ1n) is 6.07. The third-order valence-corrected chi connectivity index (χ3v) is 2.85. The minimum absolute atomic E-state index is 0.180. The van der Waals surface area contributed by atoms with Crippen LogP contribution in [0.3, 0.4) is 0 Å². The molecule has 0 radical (unpaired) electrons.